The van der Waals surface area contributed by atoms with Gasteiger partial charge in [0.1, 0.15) is 0 Å². The number of amides is 1. The van der Waals surface area contributed by atoms with Gasteiger partial charge in [-0.3, -0.25) is 9.59 Å². The van der Waals surface area contributed by atoms with Crippen molar-refractivity contribution in [3.05, 3.63) is 0 Å². The summed E-state index contributed by atoms with van der Waals surface area (Å²) in [5.41, 5.74) is 4.89. The van der Waals surface area contributed by atoms with Crippen LogP contribution in [0.5, 0.6) is 0 Å². The molecule has 0 aliphatic carbocycles. The van der Waals surface area contributed by atoms with Crippen LogP contribution >= 0.6 is 0 Å². The molecular formula is C12H24N2O3. The van der Waals surface area contributed by atoms with Crippen molar-refractivity contribution in [2.45, 2.75) is 46.6 Å². The molecule has 0 saturated heterocycles. The summed E-state index contributed by atoms with van der Waals surface area (Å²) in [6.45, 7) is 7.85. The molecule has 0 fully saturated rings. The molecule has 4 N–H and O–H groups in total. The minimum Gasteiger partial charge on any atom is -0.481 e. The highest BCUT2D eigenvalue weighted by atomic mass is 16.4. The first kappa shape index (κ1) is 15.9. The average molecular weight is 244 g/mol. The van der Waals surface area contributed by atoms with E-state index in [1.165, 1.54) is 0 Å². The Labute approximate surface area is 103 Å². The molecule has 1 atom stereocenters. The maximum atomic E-state index is 12.0. The van der Waals surface area contributed by atoms with E-state index in [1.807, 2.05) is 27.7 Å². The van der Waals surface area contributed by atoms with E-state index in [0.29, 0.717) is 13.0 Å². The molecule has 1 unspecified atom stereocenters. The van der Waals surface area contributed by atoms with Crippen LogP contribution < -0.4 is 11.1 Å². The molecular weight excluding hydrogens is 220 g/mol. The van der Waals surface area contributed by atoms with Gasteiger partial charge < -0.3 is 16.2 Å². The minimum absolute atomic E-state index is 0.0535. The third kappa shape index (κ3) is 5.68. The number of carbonyl (C=O) groups excluding carboxylic acids is 1. The van der Waals surface area contributed by atoms with E-state index >= 15 is 0 Å². The topological polar surface area (TPSA) is 92.4 Å². The van der Waals surface area contributed by atoms with Gasteiger partial charge >= 0.3 is 5.97 Å². The number of carboxylic acid groups (broad SMARTS) is 1. The Morgan fingerprint density at radius 2 is 1.88 bits per heavy atom. The maximum Gasteiger partial charge on any atom is 0.305 e. The Morgan fingerprint density at radius 3 is 2.24 bits per heavy atom. The highest BCUT2D eigenvalue weighted by Gasteiger charge is 2.29. The van der Waals surface area contributed by atoms with Gasteiger partial charge in [0.15, 0.2) is 0 Å². The molecule has 0 bridgehead atoms. The standard InChI is InChI=1S/C12H24N2O3/c1-8(2)9(7-10(15)16)14-11(17)12(3,4)5-6-13/h8-9H,5-7,13H2,1-4H3,(H,14,17)(H,15,16). The molecule has 0 aliphatic heterocycles. The van der Waals surface area contributed by atoms with Gasteiger partial charge in [0, 0.05) is 11.5 Å². The van der Waals surface area contributed by atoms with Gasteiger partial charge in [0.05, 0.1) is 6.42 Å². The predicted octanol–water partition coefficient (Wildman–Crippen LogP) is 0.977. The van der Waals surface area contributed by atoms with Gasteiger partial charge in [-0.1, -0.05) is 27.7 Å². The average Bonchev–Trinajstić information content (AvgIpc) is 2.15. The number of hydrogen-bond donors (Lipinski definition) is 3. The Morgan fingerprint density at radius 1 is 1.35 bits per heavy atom. The summed E-state index contributed by atoms with van der Waals surface area (Å²) in [6.07, 6.45) is 0.527. The Kier molecular flexibility index (Phi) is 6.16. The summed E-state index contributed by atoms with van der Waals surface area (Å²) in [4.78, 5) is 22.7. The molecule has 0 aromatic carbocycles. The number of hydrogen-bond acceptors (Lipinski definition) is 3. The van der Waals surface area contributed by atoms with Crippen LogP contribution in [0.3, 0.4) is 0 Å². The van der Waals surface area contributed by atoms with Gasteiger partial charge in [0.25, 0.3) is 0 Å². The molecule has 17 heavy (non-hydrogen) atoms. The zero-order valence-corrected chi connectivity index (χ0v) is 11.1. The SMILES string of the molecule is CC(C)C(CC(=O)O)NC(=O)C(C)(C)CCN. The Hall–Kier alpha value is -1.10. The molecule has 0 aromatic heterocycles. The lowest BCUT2D eigenvalue weighted by atomic mass is 9.87. The van der Waals surface area contributed by atoms with Gasteiger partial charge in [-0.15, -0.1) is 0 Å². The van der Waals surface area contributed by atoms with Crippen LogP contribution in [0.25, 0.3) is 0 Å². The van der Waals surface area contributed by atoms with Gasteiger partial charge in [-0.2, -0.15) is 0 Å². The first-order valence-electron chi connectivity index (χ1n) is 5.93. The quantitative estimate of drug-likeness (QED) is 0.622. The van der Waals surface area contributed by atoms with Crippen molar-refractivity contribution in [1.82, 2.24) is 5.32 Å². The third-order valence-electron chi connectivity index (χ3n) is 2.90. The van der Waals surface area contributed by atoms with Crippen LogP contribution in [0, 0.1) is 11.3 Å². The first-order chi connectivity index (χ1) is 7.70. The summed E-state index contributed by atoms with van der Waals surface area (Å²) in [5.74, 6) is -0.952. The number of aliphatic carboxylic acids is 1. The first-order valence-corrected chi connectivity index (χ1v) is 5.93. The van der Waals surface area contributed by atoms with Crippen LogP contribution in [0.2, 0.25) is 0 Å². The molecule has 0 rings (SSSR count). The summed E-state index contributed by atoms with van der Waals surface area (Å²) >= 11 is 0. The fourth-order valence-electron chi connectivity index (χ4n) is 1.48. The van der Waals surface area contributed by atoms with E-state index in [4.69, 9.17) is 10.8 Å². The maximum absolute atomic E-state index is 12.0. The second kappa shape index (κ2) is 6.59. The van der Waals surface area contributed by atoms with E-state index in [1.54, 1.807) is 0 Å². The summed E-state index contributed by atoms with van der Waals surface area (Å²) in [5, 5.41) is 11.6. The molecule has 0 aromatic rings. The van der Waals surface area contributed by atoms with Crippen molar-refractivity contribution < 1.29 is 14.7 Å². The zero-order valence-electron chi connectivity index (χ0n) is 11.1. The van der Waals surface area contributed by atoms with Crippen molar-refractivity contribution in [3.8, 4) is 0 Å². The fourth-order valence-corrected chi connectivity index (χ4v) is 1.48. The zero-order chi connectivity index (χ0) is 13.6. The Balaban J connectivity index is 4.55. The van der Waals surface area contributed by atoms with Crippen molar-refractivity contribution in [2.24, 2.45) is 17.1 Å². The highest BCUT2D eigenvalue weighted by molar-refractivity contribution is 5.82. The smallest absolute Gasteiger partial charge is 0.305 e. The second-order valence-electron chi connectivity index (χ2n) is 5.34. The fraction of sp³-hybridized carbons (Fsp3) is 0.833. The lowest BCUT2D eigenvalue weighted by molar-refractivity contribution is -0.138. The van der Waals surface area contributed by atoms with Crippen molar-refractivity contribution in [1.29, 1.82) is 0 Å². The van der Waals surface area contributed by atoms with Crippen molar-refractivity contribution >= 4 is 11.9 Å². The molecule has 0 radical (unpaired) electrons. The van der Waals surface area contributed by atoms with Crippen LogP contribution in [0.4, 0.5) is 0 Å². The van der Waals surface area contributed by atoms with E-state index < -0.39 is 11.4 Å². The molecule has 1 amide bonds. The van der Waals surface area contributed by atoms with Crippen LogP contribution in [-0.4, -0.2) is 29.6 Å². The molecule has 5 nitrogen and oxygen atoms in total. The largest absolute Gasteiger partial charge is 0.481 e. The number of nitrogens with two attached hydrogens (primary N) is 1. The van der Waals surface area contributed by atoms with Crippen molar-refractivity contribution in [3.63, 3.8) is 0 Å². The number of nitrogens with one attached hydrogen (secondary N) is 1. The molecule has 0 aliphatic rings. The molecule has 0 spiro atoms. The molecule has 0 saturated carbocycles. The lowest BCUT2D eigenvalue weighted by Gasteiger charge is -2.28. The van der Waals surface area contributed by atoms with Crippen LogP contribution in [0.1, 0.15) is 40.5 Å². The van der Waals surface area contributed by atoms with Crippen LogP contribution in [0.15, 0.2) is 0 Å². The Bertz CT molecular complexity index is 275. The summed E-state index contributed by atoms with van der Waals surface area (Å²) in [6, 6.07) is -0.336. The van der Waals surface area contributed by atoms with Crippen LogP contribution in [-0.2, 0) is 9.59 Å². The molecule has 5 heteroatoms. The van der Waals surface area contributed by atoms with E-state index in [0.717, 1.165) is 0 Å². The second-order valence-corrected chi connectivity index (χ2v) is 5.34. The van der Waals surface area contributed by atoms with E-state index in [9.17, 15) is 9.59 Å². The number of rotatable bonds is 7. The van der Waals surface area contributed by atoms with E-state index in [-0.39, 0.29) is 24.3 Å². The monoisotopic (exact) mass is 244 g/mol. The number of carbonyl (C=O) groups is 2. The van der Waals surface area contributed by atoms with Crippen molar-refractivity contribution in [2.75, 3.05) is 6.54 Å². The molecule has 0 heterocycles. The predicted molar refractivity (Wildman–Crippen MR) is 66.5 cm³/mol. The summed E-state index contributed by atoms with van der Waals surface area (Å²) in [7, 11) is 0. The normalized spacial score (nSPS) is 13.5. The summed E-state index contributed by atoms with van der Waals surface area (Å²) < 4.78 is 0. The van der Waals surface area contributed by atoms with E-state index in [2.05, 4.69) is 5.32 Å². The molecule has 100 valence electrons. The highest BCUT2D eigenvalue weighted by Crippen LogP contribution is 2.20. The lowest BCUT2D eigenvalue weighted by Crippen LogP contribution is -2.46. The van der Waals surface area contributed by atoms with Gasteiger partial charge in [-0.25, -0.2) is 0 Å². The van der Waals surface area contributed by atoms with Gasteiger partial charge in [-0.05, 0) is 18.9 Å². The number of carboxylic acids is 1. The van der Waals surface area contributed by atoms with Gasteiger partial charge in [0.2, 0.25) is 5.91 Å². The minimum atomic E-state index is -0.902. The third-order valence-corrected chi connectivity index (χ3v) is 2.90.